The molecular formula is C31H32Br2N4. The third kappa shape index (κ3) is 4.18. The van der Waals surface area contributed by atoms with Crippen molar-refractivity contribution in [2.75, 3.05) is 22.9 Å². The molecule has 6 heteroatoms. The van der Waals surface area contributed by atoms with Crippen LogP contribution in [0.4, 0.5) is 11.4 Å². The van der Waals surface area contributed by atoms with Gasteiger partial charge in [-0.1, -0.05) is 35.4 Å². The number of rotatable bonds is 4. The molecule has 37 heavy (non-hydrogen) atoms. The molecule has 190 valence electrons. The Hall–Kier alpha value is -2.70. The van der Waals surface area contributed by atoms with Crippen LogP contribution < -0.4 is 9.80 Å². The highest BCUT2D eigenvalue weighted by atomic mass is 79.9. The predicted octanol–water partition coefficient (Wildman–Crippen LogP) is 8.08. The van der Waals surface area contributed by atoms with E-state index in [9.17, 15) is 0 Å². The molecule has 0 radical (unpaired) electrons. The molecule has 0 spiro atoms. The van der Waals surface area contributed by atoms with Gasteiger partial charge in [0.25, 0.3) is 0 Å². The minimum Gasteiger partial charge on any atom is -0.336 e. The molecule has 2 aromatic carbocycles. The zero-order chi connectivity index (χ0) is 26.5. The quantitative estimate of drug-likeness (QED) is 0.231. The second-order valence-electron chi connectivity index (χ2n) is 10.1. The summed E-state index contributed by atoms with van der Waals surface area (Å²) in [5, 5.41) is 0. The van der Waals surface area contributed by atoms with Gasteiger partial charge in [-0.3, -0.25) is 9.97 Å². The minimum absolute atomic E-state index is 0.796. The van der Waals surface area contributed by atoms with Gasteiger partial charge in [0.2, 0.25) is 5.66 Å². The average Bonchev–Trinajstić information content (AvgIpc) is 3.18. The first-order chi connectivity index (χ1) is 17.7. The van der Waals surface area contributed by atoms with Crippen molar-refractivity contribution in [3.8, 4) is 0 Å². The third-order valence-corrected chi connectivity index (χ3v) is 8.60. The van der Waals surface area contributed by atoms with E-state index < -0.39 is 5.66 Å². The third-order valence-electron chi connectivity index (χ3n) is 7.32. The Morgan fingerprint density at radius 2 is 0.973 bits per heavy atom. The predicted molar refractivity (Wildman–Crippen MR) is 161 cm³/mol. The monoisotopic (exact) mass is 618 g/mol. The summed E-state index contributed by atoms with van der Waals surface area (Å²) in [7, 11) is 0. The van der Waals surface area contributed by atoms with Crippen LogP contribution in [0.25, 0.3) is 0 Å². The van der Waals surface area contributed by atoms with Gasteiger partial charge in [-0.05, 0) is 120 Å². The number of halogens is 2. The van der Waals surface area contributed by atoms with Crippen LogP contribution in [0.3, 0.4) is 0 Å². The highest BCUT2D eigenvalue weighted by Gasteiger charge is 2.55. The summed E-state index contributed by atoms with van der Waals surface area (Å²) in [6.07, 6.45) is 3.77. The highest BCUT2D eigenvalue weighted by Crippen LogP contribution is 2.52. The molecule has 4 aromatic rings. The summed E-state index contributed by atoms with van der Waals surface area (Å²) in [6.45, 7) is 14.8. The Kier molecular flexibility index (Phi) is 6.92. The summed E-state index contributed by atoms with van der Waals surface area (Å²) in [5.74, 6) is 0. The van der Waals surface area contributed by atoms with Crippen molar-refractivity contribution in [2.45, 2.75) is 47.2 Å². The Morgan fingerprint density at radius 1 is 0.622 bits per heavy atom. The van der Waals surface area contributed by atoms with Crippen molar-refractivity contribution in [2.24, 2.45) is 0 Å². The summed E-state index contributed by atoms with van der Waals surface area (Å²) < 4.78 is 1.91. The van der Waals surface area contributed by atoms with Gasteiger partial charge >= 0.3 is 0 Å². The van der Waals surface area contributed by atoms with E-state index in [2.05, 4.69) is 120 Å². The van der Waals surface area contributed by atoms with Gasteiger partial charge in [-0.2, -0.15) is 0 Å². The minimum atomic E-state index is -0.796. The normalized spacial score (nSPS) is 14.9. The summed E-state index contributed by atoms with van der Waals surface area (Å²) in [5.41, 5.74) is 11.0. The van der Waals surface area contributed by atoms with Crippen molar-refractivity contribution >= 4 is 43.2 Å². The average molecular weight is 620 g/mol. The SMILES string of the molecule is Cc1cc(C)c(N2CCN(c3c(C)cc(C)cc3C)C2(c2ncccc2Br)c2ncccc2Br)c(C)c1. The first-order valence-corrected chi connectivity index (χ1v) is 14.2. The number of aromatic nitrogens is 2. The fourth-order valence-electron chi connectivity index (χ4n) is 6.32. The molecule has 4 nitrogen and oxygen atoms in total. The molecule has 1 saturated heterocycles. The van der Waals surface area contributed by atoms with E-state index in [1.807, 2.05) is 24.5 Å². The smallest absolute Gasteiger partial charge is 0.203 e. The van der Waals surface area contributed by atoms with E-state index in [0.717, 1.165) is 33.4 Å². The Morgan fingerprint density at radius 3 is 1.30 bits per heavy atom. The first-order valence-electron chi connectivity index (χ1n) is 12.6. The highest BCUT2D eigenvalue weighted by molar-refractivity contribution is 9.10. The number of hydrogen-bond donors (Lipinski definition) is 0. The zero-order valence-corrected chi connectivity index (χ0v) is 25.4. The zero-order valence-electron chi connectivity index (χ0n) is 22.2. The van der Waals surface area contributed by atoms with Crippen LogP contribution in [0.1, 0.15) is 44.8 Å². The number of nitrogens with zero attached hydrogens (tertiary/aromatic N) is 4. The number of benzene rings is 2. The summed E-state index contributed by atoms with van der Waals surface area (Å²) in [6, 6.07) is 17.2. The second-order valence-corrected chi connectivity index (χ2v) is 11.8. The molecule has 1 aliphatic heterocycles. The molecule has 0 saturated carbocycles. The van der Waals surface area contributed by atoms with Crippen molar-refractivity contribution in [1.29, 1.82) is 0 Å². The largest absolute Gasteiger partial charge is 0.336 e. The Bertz CT molecular complexity index is 1340. The molecule has 1 aliphatic rings. The van der Waals surface area contributed by atoms with Gasteiger partial charge in [-0.25, -0.2) is 0 Å². The maximum atomic E-state index is 5.06. The van der Waals surface area contributed by atoms with Gasteiger partial charge in [0, 0.05) is 45.8 Å². The number of hydrogen-bond acceptors (Lipinski definition) is 4. The fourth-order valence-corrected chi connectivity index (χ4v) is 7.38. The Labute approximate surface area is 237 Å². The molecule has 1 fully saturated rings. The second kappa shape index (κ2) is 9.88. The van der Waals surface area contributed by atoms with Crippen molar-refractivity contribution in [3.05, 3.63) is 115 Å². The molecule has 0 N–H and O–H groups in total. The van der Waals surface area contributed by atoms with E-state index >= 15 is 0 Å². The van der Waals surface area contributed by atoms with Crippen LogP contribution in [-0.2, 0) is 5.66 Å². The van der Waals surface area contributed by atoms with Gasteiger partial charge in [0.05, 0.1) is 0 Å². The van der Waals surface area contributed by atoms with Crippen LogP contribution in [0, 0.1) is 41.5 Å². The van der Waals surface area contributed by atoms with E-state index in [4.69, 9.17) is 9.97 Å². The molecule has 0 bridgehead atoms. The lowest BCUT2D eigenvalue weighted by atomic mass is 9.92. The number of pyridine rings is 2. The fraction of sp³-hybridized carbons (Fsp3) is 0.290. The van der Waals surface area contributed by atoms with Crippen LogP contribution in [0.2, 0.25) is 0 Å². The van der Waals surface area contributed by atoms with Crippen molar-refractivity contribution < 1.29 is 0 Å². The van der Waals surface area contributed by atoms with E-state index in [1.165, 1.54) is 44.8 Å². The van der Waals surface area contributed by atoms with Crippen LogP contribution in [0.15, 0.2) is 69.9 Å². The molecule has 3 heterocycles. The first kappa shape index (κ1) is 25.9. The summed E-state index contributed by atoms with van der Waals surface area (Å²) in [4.78, 5) is 15.2. The van der Waals surface area contributed by atoms with Crippen LogP contribution >= 0.6 is 31.9 Å². The lowest BCUT2D eigenvalue weighted by Gasteiger charge is -2.47. The van der Waals surface area contributed by atoms with Gasteiger partial charge in [-0.15, -0.1) is 0 Å². The molecule has 0 amide bonds. The lowest BCUT2D eigenvalue weighted by molar-refractivity contribution is 0.498. The summed E-state index contributed by atoms with van der Waals surface area (Å²) >= 11 is 7.80. The number of anilines is 2. The lowest BCUT2D eigenvalue weighted by Crippen LogP contribution is -2.54. The van der Waals surface area contributed by atoms with E-state index in [-0.39, 0.29) is 0 Å². The van der Waals surface area contributed by atoms with Crippen molar-refractivity contribution in [3.63, 3.8) is 0 Å². The van der Waals surface area contributed by atoms with Gasteiger partial charge in [0.15, 0.2) is 0 Å². The Balaban J connectivity index is 1.95. The molecule has 0 atom stereocenters. The molecule has 0 unspecified atom stereocenters. The molecule has 0 aliphatic carbocycles. The topological polar surface area (TPSA) is 32.3 Å². The van der Waals surface area contributed by atoms with Crippen LogP contribution in [0.5, 0.6) is 0 Å². The van der Waals surface area contributed by atoms with Crippen molar-refractivity contribution in [1.82, 2.24) is 9.97 Å². The standard InChI is InChI=1S/C31H32Br2N4/c1-19-15-21(3)27(22(4)16-19)36-13-14-37(28-23(5)17-20(2)18-24(28)6)31(36,29-25(32)9-7-11-34-29)30-26(33)10-8-12-35-30/h7-12,15-18H,13-14H2,1-6H3. The van der Waals surface area contributed by atoms with E-state index in [0.29, 0.717) is 0 Å². The van der Waals surface area contributed by atoms with Gasteiger partial charge < -0.3 is 9.80 Å². The number of aryl methyl sites for hydroxylation is 6. The molecular weight excluding hydrogens is 588 g/mol. The molecule has 5 rings (SSSR count). The molecule has 2 aromatic heterocycles. The van der Waals surface area contributed by atoms with Gasteiger partial charge in [0.1, 0.15) is 11.4 Å². The van der Waals surface area contributed by atoms with E-state index in [1.54, 1.807) is 0 Å². The maximum Gasteiger partial charge on any atom is 0.203 e. The maximum absolute atomic E-state index is 5.06. The van der Waals surface area contributed by atoms with Crippen LogP contribution in [-0.4, -0.2) is 23.1 Å².